The molecule has 0 bridgehead atoms. The van der Waals surface area contributed by atoms with Crippen molar-refractivity contribution in [2.45, 2.75) is 25.4 Å². The monoisotopic (exact) mass is 314 g/mol. The lowest BCUT2D eigenvalue weighted by atomic mass is 10.0. The molecule has 23 heavy (non-hydrogen) atoms. The number of nitrogens with zero attached hydrogens (tertiary/aromatic N) is 1. The number of benzene rings is 1. The molecule has 1 fully saturated rings. The van der Waals surface area contributed by atoms with E-state index in [0.717, 1.165) is 42.0 Å². The molecule has 1 atom stereocenters. The number of methoxy groups -OCH3 is 1. The van der Waals surface area contributed by atoms with Crippen molar-refractivity contribution in [1.82, 2.24) is 15.5 Å². The third-order valence-corrected chi connectivity index (χ3v) is 4.08. The molecule has 2 aromatic rings. The largest absolute Gasteiger partial charge is 0.380 e. The number of aromatic amines is 1. The Labute approximate surface area is 135 Å². The zero-order valence-corrected chi connectivity index (χ0v) is 13.3. The number of hydrogen-bond acceptors (Lipinski definition) is 4. The highest BCUT2D eigenvalue weighted by Crippen LogP contribution is 2.26. The molecule has 0 aliphatic carbocycles. The molecular formula is C17H22N4O2. The second-order valence-corrected chi connectivity index (χ2v) is 5.86. The lowest BCUT2D eigenvalue weighted by molar-refractivity contribution is -0.115. The number of carbonyl (C=O) groups excluding carboxylic acids is 1. The number of H-pyrrole nitrogens is 1. The number of aromatic nitrogens is 2. The summed E-state index contributed by atoms with van der Waals surface area (Å²) in [6.45, 7) is 2.48. The van der Waals surface area contributed by atoms with Crippen LogP contribution in [0, 0.1) is 0 Å². The van der Waals surface area contributed by atoms with Crippen LogP contribution in [-0.4, -0.2) is 36.3 Å². The summed E-state index contributed by atoms with van der Waals surface area (Å²) >= 11 is 0. The first-order chi connectivity index (χ1) is 11.3. The highest BCUT2D eigenvalue weighted by atomic mass is 16.5. The molecule has 1 aromatic heterocycles. The molecule has 3 rings (SSSR count). The second kappa shape index (κ2) is 7.39. The minimum Gasteiger partial charge on any atom is -0.380 e. The molecule has 1 aliphatic heterocycles. The Morgan fingerprint density at radius 2 is 2.30 bits per heavy atom. The van der Waals surface area contributed by atoms with Crippen molar-refractivity contribution in [2.75, 3.05) is 25.5 Å². The van der Waals surface area contributed by atoms with Gasteiger partial charge in [0.2, 0.25) is 5.91 Å². The summed E-state index contributed by atoms with van der Waals surface area (Å²) in [6, 6.07) is 7.90. The lowest BCUT2D eigenvalue weighted by Gasteiger charge is -2.10. The average molecular weight is 314 g/mol. The van der Waals surface area contributed by atoms with E-state index in [0.29, 0.717) is 18.9 Å². The van der Waals surface area contributed by atoms with Crippen LogP contribution in [0.2, 0.25) is 0 Å². The summed E-state index contributed by atoms with van der Waals surface area (Å²) in [4.78, 5) is 12.3. The van der Waals surface area contributed by atoms with Gasteiger partial charge in [0.15, 0.2) is 0 Å². The summed E-state index contributed by atoms with van der Waals surface area (Å²) in [5, 5.41) is 13.4. The molecule has 1 aromatic carbocycles. The molecule has 1 saturated heterocycles. The number of carbonyl (C=O) groups is 1. The number of hydrogen-bond donors (Lipinski definition) is 3. The Kier molecular flexibility index (Phi) is 5.05. The molecule has 1 unspecified atom stereocenters. The molecule has 3 N–H and O–H groups in total. The van der Waals surface area contributed by atoms with Crippen LogP contribution in [0.4, 0.5) is 5.69 Å². The normalized spacial score (nSPS) is 17.3. The van der Waals surface area contributed by atoms with Crippen molar-refractivity contribution in [3.05, 3.63) is 47.3 Å². The molecule has 1 amide bonds. The maximum atomic E-state index is 12.3. The van der Waals surface area contributed by atoms with Crippen LogP contribution >= 0.6 is 0 Å². The predicted octanol–water partition coefficient (Wildman–Crippen LogP) is 1.81. The van der Waals surface area contributed by atoms with E-state index in [9.17, 15) is 4.79 Å². The van der Waals surface area contributed by atoms with Gasteiger partial charge in [-0.05, 0) is 24.1 Å². The zero-order valence-electron chi connectivity index (χ0n) is 13.3. The number of nitrogens with one attached hydrogen (secondary N) is 3. The van der Waals surface area contributed by atoms with Gasteiger partial charge in [0.1, 0.15) is 0 Å². The Bertz CT molecular complexity index is 662. The van der Waals surface area contributed by atoms with E-state index >= 15 is 0 Å². The van der Waals surface area contributed by atoms with Gasteiger partial charge >= 0.3 is 0 Å². The van der Waals surface area contributed by atoms with E-state index in [1.165, 1.54) is 0 Å². The van der Waals surface area contributed by atoms with Crippen molar-refractivity contribution >= 4 is 11.6 Å². The molecule has 2 heterocycles. The lowest BCUT2D eigenvalue weighted by Crippen LogP contribution is -2.16. The van der Waals surface area contributed by atoms with Gasteiger partial charge in [-0.2, -0.15) is 5.10 Å². The number of amides is 1. The Balaban J connectivity index is 1.63. The quantitative estimate of drug-likeness (QED) is 0.760. The van der Waals surface area contributed by atoms with Crippen molar-refractivity contribution in [1.29, 1.82) is 0 Å². The first-order valence-corrected chi connectivity index (χ1v) is 7.87. The van der Waals surface area contributed by atoms with E-state index in [4.69, 9.17) is 4.74 Å². The number of anilines is 1. The second-order valence-electron chi connectivity index (χ2n) is 5.86. The van der Waals surface area contributed by atoms with Gasteiger partial charge in [0, 0.05) is 19.6 Å². The predicted molar refractivity (Wildman–Crippen MR) is 88.3 cm³/mol. The van der Waals surface area contributed by atoms with Gasteiger partial charge in [-0.1, -0.05) is 24.3 Å². The summed E-state index contributed by atoms with van der Waals surface area (Å²) < 4.78 is 5.13. The van der Waals surface area contributed by atoms with Crippen LogP contribution in [0.5, 0.6) is 0 Å². The minimum absolute atomic E-state index is 0.0341. The SMILES string of the molecule is COCc1cccc(CC(=O)Nc2cn[nH]c2C2CCNC2)c1. The Morgan fingerprint density at radius 1 is 1.43 bits per heavy atom. The average Bonchev–Trinajstić information content (AvgIpc) is 3.18. The van der Waals surface area contributed by atoms with E-state index < -0.39 is 0 Å². The van der Waals surface area contributed by atoms with Crippen LogP contribution in [0.3, 0.4) is 0 Å². The van der Waals surface area contributed by atoms with E-state index in [-0.39, 0.29) is 5.91 Å². The van der Waals surface area contributed by atoms with E-state index in [2.05, 4.69) is 20.8 Å². The van der Waals surface area contributed by atoms with Gasteiger partial charge in [0.25, 0.3) is 0 Å². The maximum Gasteiger partial charge on any atom is 0.228 e. The van der Waals surface area contributed by atoms with Crippen molar-refractivity contribution in [3.63, 3.8) is 0 Å². The van der Waals surface area contributed by atoms with Crippen LogP contribution in [0.1, 0.15) is 29.2 Å². The maximum absolute atomic E-state index is 12.3. The fourth-order valence-electron chi connectivity index (χ4n) is 2.98. The molecule has 122 valence electrons. The van der Waals surface area contributed by atoms with Gasteiger partial charge in [-0.25, -0.2) is 0 Å². The van der Waals surface area contributed by atoms with Gasteiger partial charge in [0.05, 0.1) is 30.6 Å². The van der Waals surface area contributed by atoms with Crippen LogP contribution in [0.15, 0.2) is 30.5 Å². The highest BCUT2D eigenvalue weighted by Gasteiger charge is 2.22. The van der Waals surface area contributed by atoms with Crippen molar-refractivity contribution in [3.8, 4) is 0 Å². The topological polar surface area (TPSA) is 79.0 Å². The molecular weight excluding hydrogens is 292 g/mol. The first-order valence-electron chi connectivity index (χ1n) is 7.87. The summed E-state index contributed by atoms with van der Waals surface area (Å²) in [5.41, 5.74) is 3.84. The molecule has 0 spiro atoms. The van der Waals surface area contributed by atoms with Crippen LogP contribution in [0.25, 0.3) is 0 Å². The fourth-order valence-corrected chi connectivity index (χ4v) is 2.98. The summed E-state index contributed by atoms with van der Waals surface area (Å²) in [5.74, 6) is 0.353. The number of rotatable bonds is 6. The standard InChI is InChI=1S/C17H22N4O2/c1-23-11-13-4-2-3-12(7-13)8-16(22)20-15-10-19-21-17(15)14-5-6-18-9-14/h2-4,7,10,14,18H,5-6,8-9,11H2,1H3,(H,19,21)(H,20,22). The first kappa shape index (κ1) is 15.7. The van der Waals surface area contributed by atoms with Gasteiger partial charge in [-0.3, -0.25) is 9.89 Å². The van der Waals surface area contributed by atoms with Crippen molar-refractivity contribution in [2.24, 2.45) is 0 Å². The van der Waals surface area contributed by atoms with Crippen LogP contribution < -0.4 is 10.6 Å². The Hall–Kier alpha value is -2.18. The number of ether oxygens (including phenoxy) is 1. The third-order valence-electron chi connectivity index (χ3n) is 4.08. The summed E-state index contributed by atoms with van der Waals surface area (Å²) in [6.07, 6.45) is 3.09. The third kappa shape index (κ3) is 3.97. The Morgan fingerprint density at radius 3 is 3.09 bits per heavy atom. The van der Waals surface area contributed by atoms with Crippen LogP contribution in [-0.2, 0) is 22.6 Å². The molecule has 1 aliphatic rings. The molecule has 0 saturated carbocycles. The van der Waals surface area contributed by atoms with Gasteiger partial charge < -0.3 is 15.4 Å². The smallest absolute Gasteiger partial charge is 0.228 e. The molecule has 6 heteroatoms. The van der Waals surface area contributed by atoms with Crippen molar-refractivity contribution < 1.29 is 9.53 Å². The minimum atomic E-state index is -0.0341. The molecule has 6 nitrogen and oxygen atoms in total. The molecule has 0 radical (unpaired) electrons. The van der Waals surface area contributed by atoms with E-state index in [1.807, 2.05) is 24.3 Å². The van der Waals surface area contributed by atoms with Gasteiger partial charge in [-0.15, -0.1) is 0 Å². The fraction of sp³-hybridized carbons (Fsp3) is 0.412. The zero-order chi connectivity index (χ0) is 16.1. The van der Waals surface area contributed by atoms with E-state index in [1.54, 1.807) is 13.3 Å². The summed E-state index contributed by atoms with van der Waals surface area (Å²) in [7, 11) is 1.66. The highest BCUT2D eigenvalue weighted by molar-refractivity contribution is 5.92.